The zero-order chi connectivity index (χ0) is 12.8. The summed E-state index contributed by atoms with van der Waals surface area (Å²) in [5.41, 5.74) is 5.57. The van der Waals surface area contributed by atoms with Crippen LogP contribution in [0, 0.1) is 10.1 Å². The van der Waals surface area contributed by atoms with Crippen molar-refractivity contribution in [1.82, 2.24) is 0 Å². The van der Waals surface area contributed by atoms with E-state index in [1.165, 1.54) is 18.2 Å². The fourth-order valence-electron chi connectivity index (χ4n) is 1.95. The summed E-state index contributed by atoms with van der Waals surface area (Å²) >= 11 is 0. The Bertz CT molecular complexity index is 473. The summed E-state index contributed by atoms with van der Waals surface area (Å²) in [6.07, 6.45) is -0.851. The van der Waals surface area contributed by atoms with E-state index in [-0.39, 0.29) is 5.69 Å². The maximum absolute atomic E-state index is 10.7. The van der Waals surface area contributed by atoms with E-state index in [9.17, 15) is 15.2 Å². The van der Waals surface area contributed by atoms with Gasteiger partial charge in [-0.2, -0.15) is 0 Å². The number of rotatable bonds is 1. The Morgan fingerprint density at radius 3 is 2.76 bits per heavy atom. The molecule has 0 saturated carbocycles. The highest BCUT2D eigenvalue weighted by Gasteiger charge is 2.41. The van der Waals surface area contributed by atoms with Crippen molar-refractivity contribution in [3.05, 3.63) is 33.9 Å². The van der Waals surface area contributed by atoms with Crippen LogP contribution in [0.2, 0.25) is 0 Å². The van der Waals surface area contributed by atoms with E-state index in [1.54, 1.807) is 13.8 Å². The average Bonchev–Trinajstić information content (AvgIpc) is 2.25. The second-order valence-corrected chi connectivity index (χ2v) is 4.66. The molecule has 6 heteroatoms. The van der Waals surface area contributed by atoms with Crippen molar-refractivity contribution in [2.24, 2.45) is 5.73 Å². The van der Waals surface area contributed by atoms with Crippen molar-refractivity contribution in [3.8, 4) is 5.75 Å². The number of nitro benzene ring substituents is 1. The van der Waals surface area contributed by atoms with E-state index in [4.69, 9.17) is 10.5 Å². The van der Waals surface area contributed by atoms with Crippen molar-refractivity contribution >= 4 is 5.69 Å². The highest BCUT2D eigenvalue weighted by Crippen LogP contribution is 2.40. The Morgan fingerprint density at radius 2 is 2.18 bits per heavy atom. The van der Waals surface area contributed by atoms with Gasteiger partial charge in [-0.3, -0.25) is 10.1 Å². The molecule has 92 valence electrons. The van der Waals surface area contributed by atoms with Gasteiger partial charge in [-0.15, -0.1) is 0 Å². The highest BCUT2D eigenvalue weighted by atomic mass is 16.6. The number of nitrogens with two attached hydrogens (primary N) is 1. The third-order valence-corrected chi connectivity index (χ3v) is 2.99. The van der Waals surface area contributed by atoms with E-state index < -0.39 is 22.7 Å². The molecule has 0 aromatic heterocycles. The molecule has 0 unspecified atom stereocenters. The summed E-state index contributed by atoms with van der Waals surface area (Å²) in [7, 11) is 0. The van der Waals surface area contributed by atoms with Crippen LogP contribution in [-0.2, 0) is 0 Å². The number of benzene rings is 1. The average molecular weight is 238 g/mol. The summed E-state index contributed by atoms with van der Waals surface area (Å²) in [5.74, 6) is 0.363. The van der Waals surface area contributed by atoms with Gasteiger partial charge in [0.1, 0.15) is 17.5 Å². The number of non-ortho nitro benzene ring substituents is 1. The number of aliphatic hydroxyl groups is 1. The highest BCUT2D eigenvalue weighted by molar-refractivity contribution is 5.48. The van der Waals surface area contributed by atoms with E-state index in [1.807, 2.05) is 0 Å². The normalized spacial score (nSPS) is 25.9. The third kappa shape index (κ3) is 1.85. The Kier molecular flexibility index (Phi) is 2.56. The zero-order valence-corrected chi connectivity index (χ0v) is 9.58. The van der Waals surface area contributed by atoms with Gasteiger partial charge in [0.25, 0.3) is 5.69 Å². The van der Waals surface area contributed by atoms with Gasteiger partial charge >= 0.3 is 0 Å². The molecule has 0 aliphatic carbocycles. The van der Waals surface area contributed by atoms with Gasteiger partial charge in [0.15, 0.2) is 0 Å². The van der Waals surface area contributed by atoms with Gasteiger partial charge in [0, 0.05) is 11.6 Å². The second-order valence-electron chi connectivity index (χ2n) is 4.66. The number of nitrogens with zero attached hydrogens (tertiary/aromatic N) is 1. The van der Waals surface area contributed by atoms with E-state index in [0.717, 1.165) is 0 Å². The molecular weight excluding hydrogens is 224 g/mol. The van der Waals surface area contributed by atoms with E-state index in [2.05, 4.69) is 0 Å². The molecule has 1 aromatic rings. The van der Waals surface area contributed by atoms with Crippen molar-refractivity contribution in [2.75, 3.05) is 0 Å². The Balaban J connectivity index is 2.50. The molecule has 1 aliphatic heterocycles. The monoisotopic (exact) mass is 238 g/mol. The Labute approximate surface area is 98.2 Å². The van der Waals surface area contributed by atoms with Gasteiger partial charge in [0.05, 0.1) is 17.0 Å². The lowest BCUT2D eigenvalue weighted by Gasteiger charge is -2.40. The first-order valence-corrected chi connectivity index (χ1v) is 5.24. The van der Waals surface area contributed by atoms with Crippen molar-refractivity contribution in [3.63, 3.8) is 0 Å². The van der Waals surface area contributed by atoms with Crippen LogP contribution in [-0.4, -0.2) is 21.7 Å². The lowest BCUT2D eigenvalue weighted by molar-refractivity contribution is -0.385. The lowest BCUT2D eigenvalue weighted by Crippen LogP contribution is -2.51. The molecule has 0 radical (unpaired) electrons. The van der Waals surface area contributed by atoms with Crippen LogP contribution in [0.4, 0.5) is 5.69 Å². The maximum atomic E-state index is 10.7. The molecule has 6 nitrogen and oxygen atoms in total. The van der Waals surface area contributed by atoms with Gasteiger partial charge in [-0.1, -0.05) is 0 Å². The van der Waals surface area contributed by atoms with Crippen molar-refractivity contribution in [1.29, 1.82) is 0 Å². The first kappa shape index (κ1) is 11.8. The molecule has 0 fully saturated rings. The quantitative estimate of drug-likeness (QED) is 0.564. The molecular formula is C11H14N2O4. The summed E-state index contributed by atoms with van der Waals surface area (Å²) in [6.45, 7) is 3.39. The molecule has 3 N–H and O–H groups in total. The number of ether oxygens (including phenoxy) is 1. The molecule has 1 aliphatic rings. The maximum Gasteiger partial charge on any atom is 0.273 e. The number of hydrogen-bond acceptors (Lipinski definition) is 5. The fourth-order valence-corrected chi connectivity index (χ4v) is 1.95. The third-order valence-electron chi connectivity index (χ3n) is 2.99. The number of nitro groups is 1. The largest absolute Gasteiger partial charge is 0.484 e. The molecule has 0 saturated heterocycles. The molecule has 0 spiro atoms. The van der Waals surface area contributed by atoms with Gasteiger partial charge < -0.3 is 15.6 Å². The standard InChI is InChI=1S/C11H14N2O4/c1-11(2)10(14)9(12)7-4-3-6(13(15)16)5-8(7)17-11/h3-5,9-10,14H,12H2,1-2H3/t9-,10+/m1/s1. The first-order valence-electron chi connectivity index (χ1n) is 5.24. The minimum Gasteiger partial charge on any atom is -0.484 e. The van der Waals surface area contributed by atoms with Crippen molar-refractivity contribution in [2.45, 2.75) is 31.6 Å². The number of fused-ring (bicyclic) bond motifs is 1. The van der Waals surface area contributed by atoms with Crippen LogP contribution < -0.4 is 10.5 Å². The van der Waals surface area contributed by atoms with Crippen LogP contribution in [0.1, 0.15) is 25.5 Å². The summed E-state index contributed by atoms with van der Waals surface area (Å²) in [6, 6.07) is 3.61. The van der Waals surface area contributed by atoms with Crippen LogP contribution >= 0.6 is 0 Å². The van der Waals surface area contributed by atoms with Crippen LogP contribution in [0.15, 0.2) is 18.2 Å². The number of hydrogen-bond donors (Lipinski definition) is 2. The Hall–Kier alpha value is -1.66. The van der Waals surface area contributed by atoms with Gasteiger partial charge in [-0.05, 0) is 19.9 Å². The Morgan fingerprint density at radius 1 is 1.53 bits per heavy atom. The minimum absolute atomic E-state index is 0.0526. The van der Waals surface area contributed by atoms with Crippen LogP contribution in [0.25, 0.3) is 0 Å². The summed E-state index contributed by atoms with van der Waals surface area (Å²) < 4.78 is 5.56. The minimum atomic E-state index is -0.859. The van der Waals surface area contributed by atoms with Crippen LogP contribution in [0.5, 0.6) is 5.75 Å². The molecule has 2 rings (SSSR count). The first-order chi connectivity index (χ1) is 7.83. The lowest BCUT2D eigenvalue weighted by atomic mass is 9.87. The second kappa shape index (κ2) is 3.68. The zero-order valence-electron chi connectivity index (χ0n) is 9.58. The number of aliphatic hydroxyl groups excluding tert-OH is 1. The van der Waals surface area contributed by atoms with E-state index >= 15 is 0 Å². The van der Waals surface area contributed by atoms with Crippen molar-refractivity contribution < 1.29 is 14.8 Å². The predicted octanol–water partition coefficient (Wildman–Crippen LogP) is 1.13. The van der Waals surface area contributed by atoms with Gasteiger partial charge in [0.2, 0.25) is 0 Å². The molecule has 17 heavy (non-hydrogen) atoms. The fraction of sp³-hybridized carbons (Fsp3) is 0.455. The topological polar surface area (TPSA) is 98.6 Å². The van der Waals surface area contributed by atoms with E-state index in [0.29, 0.717) is 11.3 Å². The smallest absolute Gasteiger partial charge is 0.273 e. The predicted molar refractivity (Wildman–Crippen MR) is 60.7 cm³/mol. The molecule has 0 amide bonds. The molecule has 1 heterocycles. The summed E-state index contributed by atoms with van der Waals surface area (Å²) in [4.78, 5) is 10.2. The molecule has 2 atom stereocenters. The SMILES string of the molecule is CC1(C)Oc2cc([N+](=O)[O-])ccc2[C@@H](N)[C@@H]1O. The molecule has 1 aromatic carbocycles. The molecule has 0 bridgehead atoms. The van der Waals surface area contributed by atoms with Crippen LogP contribution in [0.3, 0.4) is 0 Å². The van der Waals surface area contributed by atoms with Gasteiger partial charge in [-0.25, -0.2) is 0 Å². The summed E-state index contributed by atoms with van der Waals surface area (Å²) in [5, 5.41) is 20.6.